The number of para-hydroxylation sites is 2. The zero-order valence-corrected chi connectivity index (χ0v) is 23.8. The molecule has 2 fully saturated rings. The number of anilines is 2. The first-order valence-electron chi connectivity index (χ1n) is 13.7. The quantitative estimate of drug-likeness (QED) is 0.427. The van der Waals surface area contributed by atoms with Gasteiger partial charge in [-0.2, -0.15) is 5.26 Å². The number of hydrogen-bond donors (Lipinski definition) is 0. The molecule has 5 rings (SSSR count). The number of carbonyl (C=O) groups excluding carboxylic acids is 1. The number of nitriles is 1. The number of hydrogen-bond acceptors (Lipinski definition) is 5. The van der Waals surface area contributed by atoms with Gasteiger partial charge in [-0.15, -0.1) is 0 Å². The molecule has 0 spiro atoms. The van der Waals surface area contributed by atoms with E-state index >= 15 is 0 Å². The molecule has 3 aromatic carbocycles. The molecule has 2 aliphatic rings. The number of nitrogens with zero attached hydrogens (tertiary/aromatic N) is 5. The smallest absolute Gasteiger partial charge is 0.254 e. The lowest BCUT2D eigenvalue weighted by atomic mass is 9.97. The van der Waals surface area contributed by atoms with Gasteiger partial charge in [0.05, 0.1) is 22.0 Å². The van der Waals surface area contributed by atoms with Gasteiger partial charge in [0.15, 0.2) is 0 Å². The van der Waals surface area contributed by atoms with E-state index in [0.29, 0.717) is 25.2 Å². The van der Waals surface area contributed by atoms with Crippen LogP contribution in [0.4, 0.5) is 11.4 Å². The molecule has 7 heteroatoms. The largest absolute Gasteiger partial charge is 0.368 e. The monoisotopic (exact) mass is 541 g/mol. The Labute approximate surface area is 237 Å². The van der Waals surface area contributed by atoms with Crippen molar-refractivity contribution in [2.75, 3.05) is 55.6 Å². The second-order valence-electron chi connectivity index (χ2n) is 10.7. The first kappa shape index (κ1) is 27.1. The summed E-state index contributed by atoms with van der Waals surface area (Å²) in [5, 5.41) is 10.3. The lowest BCUT2D eigenvalue weighted by Crippen LogP contribution is -2.54. The third-order valence-electron chi connectivity index (χ3n) is 8.13. The number of piperazine rings is 2. The Bertz CT molecular complexity index is 1390. The zero-order valence-electron chi connectivity index (χ0n) is 23.0. The first-order valence-corrected chi connectivity index (χ1v) is 14.1. The van der Waals surface area contributed by atoms with Gasteiger partial charge in [-0.05, 0) is 67.8 Å². The van der Waals surface area contributed by atoms with Gasteiger partial charge in [-0.1, -0.05) is 41.9 Å². The second kappa shape index (κ2) is 11.7. The van der Waals surface area contributed by atoms with Crippen LogP contribution in [0.25, 0.3) is 0 Å². The van der Waals surface area contributed by atoms with E-state index in [9.17, 15) is 10.1 Å². The summed E-state index contributed by atoms with van der Waals surface area (Å²) in [5.74, 6) is 0.0954. The van der Waals surface area contributed by atoms with Crippen LogP contribution in [-0.2, 0) is 6.54 Å². The van der Waals surface area contributed by atoms with Crippen LogP contribution in [0.2, 0.25) is 5.02 Å². The van der Waals surface area contributed by atoms with Crippen LogP contribution in [0.5, 0.6) is 0 Å². The standard InChI is InChI=1S/C32H36ClN5O/c1-23-18-24(2)28(19-27(23)22-35-12-14-36(15-13-35)31-11-7-5-9-29(31)33)32(39)38-17-16-37(21-25(38)3)30-10-6-4-8-26(30)20-34/h4-11,18-19,25H,12-17,21-22H2,1-3H3/t25-/m0/s1. The minimum Gasteiger partial charge on any atom is -0.368 e. The van der Waals surface area contributed by atoms with E-state index in [1.54, 1.807) is 0 Å². The van der Waals surface area contributed by atoms with Gasteiger partial charge in [0.1, 0.15) is 6.07 Å². The van der Waals surface area contributed by atoms with Crippen molar-refractivity contribution >= 4 is 28.9 Å². The molecule has 0 unspecified atom stereocenters. The van der Waals surface area contributed by atoms with Crippen LogP contribution in [0.15, 0.2) is 60.7 Å². The fourth-order valence-electron chi connectivity index (χ4n) is 5.87. The van der Waals surface area contributed by atoms with Crippen LogP contribution in [0.3, 0.4) is 0 Å². The van der Waals surface area contributed by atoms with Crippen LogP contribution in [0, 0.1) is 25.2 Å². The predicted octanol–water partition coefficient (Wildman–Crippen LogP) is 5.50. The number of rotatable bonds is 5. The average molecular weight is 542 g/mol. The maximum Gasteiger partial charge on any atom is 0.254 e. The highest BCUT2D eigenvalue weighted by Gasteiger charge is 2.30. The van der Waals surface area contributed by atoms with Crippen molar-refractivity contribution in [3.8, 4) is 6.07 Å². The van der Waals surface area contributed by atoms with Crippen LogP contribution in [-0.4, -0.2) is 67.6 Å². The molecule has 0 radical (unpaired) electrons. The molecule has 0 aromatic heterocycles. The molecule has 202 valence electrons. The molecule has 2 aliphatic heterocycles. The minimum atomic E-state index is 0.0417. The minimum absolute atomic E-state index is 0.0417. The molecule has 0 saturated carbocycles. The van der Waals surface area contributed by atoms with Crippen molar-refractivity contribution in [1.29, 1.82) is 5.26 Å². The van der Waals surface area contributed by atoms with Crippen molar-refractivity contribution in [1.82, 2.24) is 9.80 Å². The summed E-state index contributed by atoms with van der Waals surface area (Å²) in [5.41, 5.74) is 6.98. The lowest BCUT2D eigenvalue weighted by Gasteiger charge is -2.41. The van der Waals surface area contributed by atoms with Crippen molar-refractivity contribution in [2.24, 2.45) is 0 Å². The third kappa shape index (κ3) is 5.75. The summed E-state index contributed by atoms with van der Waals surface area (Å²) < 4.78 is 0. The van der Waals surface area contributed by atoms with Gasteiger partial charge in [0, 0.05) is 64.0 Å². The Balaban J connectivity index is 1.26. The van der Waals surface area contributed by atoms with E-state index in [2.05, 4.69) is 52.8 Å². The molecule has 3 aromatic rings. The fraction of sp³-hybridized carbons (Fsp3) is 0.375. The molecular formula is C32H36ClN5O. The van der Waals surface area contributed by atoms with E-state index in [0.717, 1.165) is 60.2 Å². The molecule has 2 saturated heterocycles. The molecule has 0 bridgehead atoms. The Morgan fingerprint density at radius 3 is 2.26 bits per heavy atom. The average Bonchev–Trinajstić information content (AvgIpc) is 2.95. The van der Waals surface area contributed by atoms with Crippen molar-refractivity contribution in [2.45, 2.75) is 33.4 Å². The second-order valence-corrected chi connectivity index (χ2v) is 11.1. The first-order chi connectivity index (χ1) is 18.9. The fourth-order valence-corrected chi connectivity index (χ4v) is 6.13. The molecule has 1 atom stereocenters. The van der Waals surface area contributed by atoms with Gasteiger partial charge >= 0.3 is 0 Å². The summed E-state index contributed by atoms with van der Waals surface area (Å²) in [6.45, 7) is 12.9. The molecule has 0 N–H and O–H groups in total. The van der Waals surface area contributed by atoms with Gasteiger partial charge in [-0.25, -0.2) is 0 Å². The Kier molecular flexibility index (Phi) is 8.11. The molecular weight excluding hydrogens is 506 g/mol. The highest BCUT2D eigenvalue weighted by molar-refractivity contribution is 6.33. The van der Waals surface area contributed by atoms with Crippen LogP contribution >= 0.6 is 11.6 Å². The molecule has 2 heterocycles. The Morgan fingerprint density at radius 2 is 1.56 bits per heavy atom. The highest BCUT2D eigenvalue weighted by Crippen LogP contribution is 2.28. The topological polar surface area (TPSA) is 53.8 Å². The number of benzene rings is 3. The third-order valence-corrected chi connectivity index (χ3v) is 8.45. The van der Waals surface area contributed by atoms with Crippen LogP contribution < -0.4 is 9.80 Å². The maximum absolute atomic E-state index is 13.8. The Morgan fingerprint density at radius 1 is 0.897 bits per heavy atom. The van der Waals surface area contributed by atoms with Crippen molar-refractivity contribution < 1.29 is 4.79 Å². The van der Waals surface area contributed by atoms with E-state index in [1.807, 2.05) is 54.3 Å². The van der Waals surface area contributed by atoms with Gasteiger partial charge < -0.3 is 14.7 Å². The van der Waals surface area contributed by atoms with E-state index in [4.69, 9.17) is 11.6 Å². The van der Waals surface area contributed by atoms with Crippen LogP contribution in [0.1, 0.15) is 39.5 Å². The van der Waals surface area contributed by atoms with Gasteiger partial charge in [0.2, 0.25) is 0 Å². The van der Waals surface area contributed by atoms with E-state index < -0.39 is 0 Å². The van der Waals surface area contributed by atoms with Gasteiger partial charge in [-0.3, -0.25) is 9.69 Å². The summed E-state index contributed by atoms with van der Waals surface area (Å²) in [6.07, 6.45) is 0. The number of halogens is 1. The van der Waals surface area contributed by atoms with Gasteiger partial charge in [0.25, 0.3) is 5.91 Å². The number of carbonyl (C=O) groups is 1. The highest BCUT2D eigenvalue weighted by atomic mass is 35.5. The number of amides is 1. The summed E-state index contributed by atoms with van der Waals surface area (Å²) in [4.78, 5) is 22.8. The normalized spacial score (nSPS) is 18.2. The molecule has 39 heavy (non-hydrogen) atoms. The van der Waals surface area contributed by atoms with E-state index in [1.165, 1.54) is 11.1 Å². The summed E-state index contributed by atoms with van der Waals surface area (Å²) >= 11 is 6.43. The molecule has 0 aliphatic carbocycles. The Hall–Kier alpha value is -3.53. The van der Waals surface area contributed by atoms with Crippen molar-refractivity contribution in [3.05, 3.63) is 93.5 Å². The predicted molar refractivity (Wildman–Crippen MR) is 159 cm³/mol. The SMILES string of the molecule is Cc1cc(C)c(C(=O)N2CCN(c3ccccc3C#N)C[C@@H]2C)cc1CN1CCN(c2ccccc2Cl)CC1. The van der Waals surface area contributed by atoms with E-state index in [-0.39, 0.29) is 11.9 Å². The molecule has 6 nitrogen and oxygen atoms in total. The number of aryl methyl sites for hydroxylation is 2. The zero-order chi connectivity index (χ0) is 27.5. The summed E-state index contributed by atoms with van der Waals surface area (Å²) in [6, 6.07) is 22.4. The van der Waals surface area contributed by atoms with Crippen molar-refractivity contribution in [3.63, 3.8) is 0 Å². The summed E-state index contributed by atoms with van der Waals surface area (Å²) in [7, 11) is 0. The maximum atomic E-state index is 13.8. The lowest BCUT2D eigenvalue weighted by molar-refractivity contribution is 0.0673. The molecule has 1 amide bonds.